The highest BCUT2D eigenvalue weighted by Crippen LogP contribution is 2.43. The van der Waals surface area contributed by atoms with E-state index in [1.165, 1.54) is 55.6 Å². The van der Waals surface area contributed by atoms with Crippen LogP contribution in [0, 0.1) is 13.8 Å². The van der Waals surface area contributed by atoms with Gasteiger partial charge in [0.05, 0.1) is 0 Å². The van der Waals surface area contributed by atoms with Crippen molar-refractivity contribution in [1.29, 1.82) is 0 Å². The number of aryl methyl sites for hydroxylation is 2. The number of benzene rings is 5. The van der Waals surface area contributed by atoms with E-state index in [4.69, 9.17) is 0 Å². The fourth-order valence-electron chi connectivity index (χ4n) is 4.44. The van der Waals surface area contributed by atoms with E-state index < -0.39 is 0 Å². The van der Waals surface area contributed by atoms with Crippen LogP contribution in [-0.2, 0) is 0 Å². The Hall–Kier alpha value is -3.90. The fraction of sp³-hybridized carbons (Fsp3) is 0.118. The van der Waals surface area contributed by atoms with Crippen molar-refractivity contribution in [3.8, 4) is 44.5 Å². The molecule has 0 heteroatoms. The Morgan fingerprint density at radius 3 is 1.35 bits per heavy atom. The molecule has 0 aromatic heterocycles. The van der Waals surface area contributed by atoms with Crippen LogP contribution in [0.4, 0.5) is 0 Å². The first-order valence-electron chi connectivity index (χ1n) is 12.1. The van der Waals surface area contributed by atoms with Gasteiger partial charge >= 0.3 is 0 Å². The monoisotopic (exact) mass is 440 g/mol. The summed E-state index contributed by atoms with van der Waals surface area (Å²) in [5.41, 5.74) is 12.5. The molecule has 0 heterocycles. The van der Waals surface area contributed by atoms with E-state index in [1.54, 1.807) is 0 Å². The van der Waals surface area contributed by atoms with Crippen LogP contribution in [0.3, 0.4) is 0 Å². The Bertz CT molecular complexity index is 1360. The van der Waals surface area contributed by atoms with Gasteiger partial charge in [-0.2, -0.15) is 0 Å². The van der Waals surface area contributed by atoms with Gasteiger partial charge < -0.3 is 0 Å². The van der Waals surface area contributed by atoms with Gasteiger partial charge in [-0.05, 0) is 70.5 Å². The molecule has 0 N–H and O–H groups in total. The fourth-order valence-corrected chi connectivity index (χ4v) is 4.44. The van der Waals surface area contributed by atoms with Crippen molar-refractivity contribution in [2.24, 2.45) is 0 Å². The third-order valence-corrected chi connectivity index (χ3v) is 5.97. The lowest BCUT2D eigenvalue weighted by Gasteiger charge is -2.19. The predicted molar refractivity (Wildman–Crippen MR) is 149 cm³/mol. The Balaban J connectivity index is 0.00000133. The molecule has 5 aromatic rings. The third-order valence-electron chi connectivity index (χ3n) is 5.97. The lowest BCUT2D eigenvalue weighted by atomic mass is 9.84. The maximum atomic E-state index is 2.36. The summed E-state index contributed by atoms with van der Waals surface area (Å²) in [4.78, 5) is 0. The summed E-state index contributed by atoms with van der Waals surface area (Å²) in [6.07, 6.45) is 0. The van der Waals surface area contributed by atoms with E-state index in [9.17, 15) is 0 Å². The van der Waals surface area contributed by atoms with Crippen molar-refractivity contribution in [2.75, 3.05) is 0 Å². The van der Waals surface area contributed by atoms with Gasteiger partial charge in [0.2, 0.25) is 0 Å². The SMILES string of the molecule is CC.Cc1cccc(-c2cc(-c3ccccc3)cc(-c3ccccc3)c2-c2cccc(C)c2)c1. The van der Waals surface area contributed by atoms with Gasteiger partial charge in [-0.25, -0.2) is 0 Å². The molecule has 0 radical (unpaired) electrons. The Morgan fingerprint density at radius 1 is 0.353 bits per heavy atom. The molecule has 168 valence electrons. The molecule has 5 aromatic carbocycles. The number of rotatable bonds is 4. The molecule has 0 amide bonds. The number of hydrogen-bond acceptors (Lipinski definition) is 0. The second kappa shape index (κ2) is 10.8. The molecule has 5 rings (SSSR count). The van der Waals surface area contributed by atoms with Crippen LogP contribution in [0.15, 0.2) is 121 Å². The second-order valence-electron chi connectivity index (χ2n) is 8.42. The largest absolute Gasteiger partial charge is 0.0683 e. The molecule has 0 saturated heterocycles. The van der Waals surface area contributed by atoms with E-state index in [2.05, 4.69) is 135 Å². The van der Waals surface area contributed by atoms with Crippen LogP contribution in [0.25, 0.3) is 44.5 Å². The normalized spacial score (nSPS) is 10.4. The van der Waals surface area contributed by atoms with Crippen LogP contribution in [0.5, 0.6) is 0 Å². The second-order valence-corrected chi connectivity index (χ2v) is 8.42. The van der Waals surface area contributed by atoms with Crippen LogP contribution < -0.4 is 0 Å². The summed E-state index contributed by atoms with van der Waals surface area (Å²) in [6, 6.07) is 43.8. The summed E-state index contributed by atoms with van der Waals surface area (Å²) in [5.74, 6) is 0. The summed E-state index contributed by atoms with van der Waals surface area (Å²) in [5, 5.41) is 0. The van der Waals surface area contributed by atoms with E-state index >= 15 is 0 Å². The average Bonchev–Trinajstić information content (AvgIpc) is 2.90. The molecule has 0 spiro atoms. The Kier molecular flexibility index (Phi) is 7.40. The van der Waals surface area contributed by atoms with Gasteiger partial charge in [0.15, 0.2) is 0 Å². The van der Waals surface area contributed by atoms with Crippen molar-refractivity contribution in [3.05, 3.63) is 132 Å². The Morgan fingerprint density at radius 2 is 0.794 bits per heavy atom. The molecule has 0 nitrogen and oxygen atoms in total. The lowest BCUT2D eigenvalue weighted by Crippen LogP contribution is -1.93. The summed E-state index contributed by atoms with van der Waals surface area (Å²) < 4.78 is 0. The van der Waals surface area contributed by atoms with Gasteiger partial charge in [0.25, 0.3) is 0 Å². The van der Waals surface area contributed by atoms with Crippen LogP contribution >= 0.6 is 0 Å². The van der Waals surface area contributed by atoms with Gasteiger partial charge in [-0.3, -0.25) is 0 Å². The predicted octanol–water partition coefficient (Wildman–Crippen LogP) is 10.00. The maximum absolute atomic E-state index is 2.36. The van der Waals surface area contributed by atoms with E-state index in [0.717, 1.165) is 0 Å². The first-order valence-corrected chi connectivity index (χ1v) is 12.1. The molecule has 0 fully saturated rings. The minimum atomic E-state index is 1.23. The van der Waals surface area contributed by atoms with Gasteiger partial charge in [-0.15, -0.1) is 0 Å². The van der Waals surface area contributed by atoms with E-state index in [-0.39, 0.29) is 0 Å². The summed E-state index contributed by atoms with van der Waals surface area (Å²) >= 11 is 0. The topological polar surface area (TPSA) is 0 Å². The molecule has 0 aliphatic heterocycles. The zero-order chi connectivity index (χ0) is 23.9. The van der Waals surface area contributed by atoms with Crippen LogP contribution in [0.1, 0.15) is 25.0 Å². The molecule has 0 unspecified atom stereocenters. The maximum Gasteiger partial charge on any atom is -0.00263 e. The molecular weight excluding hydrogens is 408 g/mol. The third kappa shape index (κ3) is 5.02. The van der Waals surface area contributed by atoms with Crippen LogP contribution in [0.2, 0.25) is 0 Å². The highest BCUT2D eigenvalue weighted by atomic mass is 14.2. The van der Waals surface area contributed by atoms with Gasteiger partial charge in [0, 0.05) is 0 Å². The standard InChI is InChI=1S/C32H26.C2H6/c1-23-11-9-17-27(19-23)31-22-29(25-13-5-3-6-14-25)21-30(26-15-7-4-8-16-26)32(31)28-18-10-12-24(2)20-28;1-2/h3-22H,1-2H3;1-2H3. The van der Waals surface area contributed by atoms with Crippen molar-refractivity contribution in [3.63, 3.8) is 0 Å². The molecule has 0 aliphatic carbocycles. The zero-order valence-corrected chi connectivity index (χ0v) is 20.5. The Labute approximate surface area is 204 Å². The average molecular weight is 441 g/mol. The first-order chi connectivity index (χ1) is 16.7. The number of hydrogen-bond donors (Lipinski definition) is 0. The van der Waals surface area contributed by atoms with E-state index in [0.29, 0.717) is 0 Å². The molecule has 0 atom stereocenters. The molecule has 0 bridgehead atoms. The smallest absolute Gasteiger partial charge is 0.00263 e. The molecule has 0 aliphatic rings. The first kappa shape index (κ1) is 23.3. The minimum Gasteiger partial charge on any atom is -0.0683 e. The molecule has 34 heavy (non-hydrogen) atoms. The van der Waals surface area contributed by atoms with E-state index in [1.807, 2.05) is 13.8 Å². The molecular formula is C34H32. The zero-order valence-electron chi connectivity index (χ0n) is 20.5. The van der Waals surface area contributed by atoms with Gasteiger partial charge in [-0.1, -0.05) is 134 Å². The van der Waals surface area contributed by atoms with Crippen molar-refractivity contribution >= 4 is 0 Å². The van der Waals surface area contributed by atoms with Crippen molar-refractivity contribution in [1.82, 2.24) is 0 Å². The van der Waals surface area contributed by atoms with Gasteiger partial charge in [0.1, 0.15) is 0 Å². The molecule has 0 saturated carbocycles. The highest BCUT2D eigenvalue weighted by molar-refractivity contribution is 5.97. The summed E-state index contributed by atoms with van der Waals surface area (Å²) in [6.45, 7) is 8.32. The summed E-state index contributed by atoms with van der Waals surface area (Å²) in [7, 11) is 0. The van der Waals surface area contributed by atoms with Crippen molar-refractivity contribution < 1.29 is 0 Å². The lowest BCUT2D eigenvalue weighted by molar-refractivity contribution is 1.45. The minimum absolute atomic E-state index is 1.23. The highest BCUT2D eigenvalue weighted by Gasteiger charge is 2.17. The van der Waals surface area contributed by atoms with Crippen molar-refractivity contribution in [2.45, 2.75) is 27.7 Å². The van der Waals surface area contributed by atoms with Crippen LogP contribution in [-0.4, -0.2) is 0 Å². The quantitative estimate of drug-likeness (QED) is 0.261.